The van der Waals surface area contributed by atoms with E-state index in [1.807, 2.05) is 31.6 Å². The highest BCUT2D eigenvalue weighted by molar-refractivity contribution is 6.00. The van der Waals surface area contributed by atoms with Gasteiger partial charge in [0.15, 0.2) is 0 Å². The molecule has 0 aliphatic carbocycles. The topological polar surface area (TPSA) is 85.5 Å². The Morgan fingerprint density at radius 3 is 2.68 bits per heavy atom. The van der Waals surface area contributed by atoms with E-state index in [1.54, 1.807) is 0 Å². The Morgan fingerprint density at radius 1 is 1.13 bits per heavy atom. The second kappa shape index (κ2) is 11.1. The fraction of sp³-hybridized carbons (Fsp3) is 0.323. The van der Waals surface area contributed by atoms with E-state index in [4.69, 9.17) is 4.98 Å². The maximum absolute atomic E-state index is 4.73. The van der Waals surface area contributed by atoms with Crippen LogP contribution in [-0.4, -0.2) is 38.2 Å². The van der Waals surface area contributed by atoms with Gasteiger partial charge in [-0.1, -0.05) is 33.1 Å². The first kappa shape index (κ1) is 25.5. The summed E-state index contributed by atoms with van der Waals surface area (Å²) in [7, 11) is 0. The number of rotatable bonds is 9. The summed E-state index contributed by atoms with van der Waals surface area (Å²) in [6, 6.07) is 4.30. The van der Waals surface area contributed by atoms with Crippen molar-refractivity contribution >= 4 is 33.1 Å². The Hall–Kier alpha value is -4.13. The van der Waals surface area contributed by atoms with E-state index in [0.29, 0.717) is 5.92 Å². The lowest BCUT2D eigenvalue weighted by Crippen LogP contribution is -2.29. The molecule has 1 unspecified atom stereocenters. The maximum Gasteiger partial charge on any atom is 0.116 e. The van der Waals surface area contributed by atoms with Crippen molar-refractivity contribution in [2.75, 3.05) is 18.0 Å². The monoisotopic (exact) mass is 507 g/mol. The number of allylic oxidation sites excluding steroid dienone is 5. The van der Waals surface area contributed by atoms with Gasteiger partial charge in [-0.3, -0.25) is 15.1 Å². The van der Waals surface area contributed by atoms with Crippen LogP contribution in [0.5, 0.6) is 0 Å². The molecule has 1 saturated heterocycles. The van der Waals surface area contributed by atoms with E-state index in [9.17, 15) is 0 Å². The molecule has 5 heterocycles. The van der Waals surface area contributed by atoms with Crippen molar-refractivity contribution in [1.29, 1.82) is 0 Å². The van der Waals surface area contributed by atoms with E-state index < -0.39 is 0 Å². The lowest BCUT2D eigenvalue weighted by atomic mass is 10.0. The Bertz CT molecular complexity index is 1530. The van der Waals surface area contributed by atoms with Gasteiger partial charge in [-0.25, -0.2) is 0 Å². The minimum atomic E-state index is 0.373. The van der Waals surface area contributed by atoms with E-state index >= 15 is 0 Å². The summed E-state index contributed by atoms with van der Waals surface area (Å²) in [4.78, 5) is 15.3. The third-order valence-corrected chi connectivity index (χ3v) is 7.57. The smallest absolute Gasteiger partial charge is 0.116 e. The van der Waals surface area contributed by atoms with Crippen LogP contribution in [0.3, 0.4) is 0 Å². The molecule has 0 saturated carbocycles. The second-order valence-corrected chi connectivity index (χ2v) is 10.0. The van der Waals surface area contributed by atoms with Crippen LogP contribution >= 0.6 is 0 Å². The lowest BCUT2D eigenvalue weighted by molar-refractivity contribution is 0.578. The van der Waals surface area contributed by atoms with Crippen molar-refractivity contribution in [1.82, 2.24) is 30.5 Å². The molecule has 0 radical (unpaired) electrons. The Kier molecular flexibility index (Phi) is 7.45. The van der Waals surface area contributed by atoms with Crippen LogP contribution in [0.25, 0.3) is 38.8 Å². The quantitative estimate of drug-likeness (QED) is 0.210. The Labute approximate surface area is 224 Å². The Balaban J connectivity index is 1.50. The number of hydrogen-bond donors (Lipinski definition) is 3. The largest absolute Gasteiger partial charge is 0.370 e. The number of pyridine rings is 2. The fourth-order valence-corrected chi connectivity index (χ4v) is 5.00. The van der Waals surface area contributed by atoms with Crippen LogP contribution in [0.15, 0.2) is 73.5 Å². The van der Waals surface area contributed by atoms with Gasteiger partial charge in [0.05, 0.1) is 46.7 Å². The third kappa shape index (κ3) is 5.01. The molecule has 0 bridgehead atoms. The fourth-order valence-electron chi connectivity index (χ4n) is 5.00. The third-order valence-electron chi connectivity index (χ3n) is 7.57. The molecule has 5 rings (SSSR count). The molecule has 1 aliphatic rings. The first-order chi connectivity index (χ1) is 18.5. The van der Waals surface area contributed by atoms with Crippen LogP contribution < -0.4 is 10.2 Å². The van der Waals surface area contributed by atoms with Gasteiger partial charge >= 0.3 is 0 Å². The van der Waals surface area contributed by atoms with Crippen LogP contribution in [0.2, 0.25) is 0 Å². The predicted molar refractivity (Wildman–Crippen MR) is 159 cm³/mol. The zero-order valence-electron chi connectivity index (χ0n) is 22.6. The van der Waals surface area contributed by atoms with Crippen molar-refractivity contribution < 1.29 is 0 Å². The number of fused-ring (bicyclic) bond motifs is 2. The lowest BCUT2D eigenvalue weighted by Gasteiger charge is -2.28. The molecule has 1 aliphatic heterocycles. The van der Waals surface area contributed by atoms with Crippen LogP contribution in [0, 0.1) is 5.92 Å². The summed E-state index contributed by atoms with van der Waals surface area (Å²) >= 11 is 0. The van der Waals surface area contributed by atoms with Crippen molar-refractivity contribution in [3.8, 4) is 11.4 Å². The molecular formula is C31H37N7. The van der Waals surface area contributed by atoms with E-state index in [2.05, 4.69) is 81.7 Å². The number of aromatic nitrogens is 5. The number of anilines is 1. The molecule has 7 heteroatoms. The molecule has 38 heavy (non-hydrogen) atoms. The molecule has 3 N–H and O–H groups in total. The molecule has 196 valence electrons. The molecule has 4 aromatic heterocycles. The number of aromatic amines is 2. The van der Waals surface area contributed by atoms with Gasteiger partial charge in [0, 0.05) is 35.3 Å². The van der Waals surface area contributed by atoms with Crippen molar-refractivity contribution in [2.45, 2.75) is 46.5 Å². The van der Waals surface area contributed by atoms with Crippen LogP contribution in [0.1, 0.15) is 52.1 Å². The minimum absolute atomic E-state index is 0.373. The summed E-state index contributed by atoms with van der Waals surface area (Å²) in [5.41, 5.74) is 8.67. The number of H-pyrrole nitrogens is 2. The van der Waals surface area contributed by atoms with E-state index in [1.165, 1.54) is 30.3 Å². The first-order valence-corrected chi connectivity index (χ1v) is 13.5. The number of piperidine rings is 1. The van der Waals surface area contributed by atoms with Crippen LogP contribution in [-0.2, 0) is 0 Å². The molecule has 1 atom stereocenters. The molecular weight excluding hydrogens is 470 g/mol. The summed E-state index contributed by atoms with van der Waals surface area (Å²) < 4.78 is 0. The van der Waals surface area contributed by atoms with Gasteiger partial charge in [0.2, 0.25) is 0 Å². The van der Waals surface area contributed by atoms with E-state index in [-0.39, 0.29) is 0 Å². The number of nitrogens with one attached hydrogen (secondary N) is 3. The highest BCUT2D eigenvalue weighted by Gasteiger charge is 2.18. The Morgan fingerprint density at radius 2 is 1.95 bits per heavy atom. The predicted octanol–water partition coefficient (Wildman–Crippen LogP) is 7.11. The zero-order valence-corrected chi connectivity index (χ0v) is 22.6. The summed E-state index contributed by atoms with van der Waals surface area (Å²) in [6.45, 7) is 16.7. The molecule has 0 aromatic carbocycles. The number of hydrogen-bond acceptors (Lipinski definition) is 5. The van der Waals surface area contributed by atoms with Gasteiger partial charge in [-0.05, 0) is 68.4 Å². The first-order valence-electron chi connectivity index (χ1n) is 13.5. The molecule has 4 aromatic rings. The minimum Gasteiger partial charge on any atom is -0.370 e. The van der Waals surface area contributed by atoms with Crippen LogP contribution in [0.4, 0.5) is 5.69 Å². The van der Waals surface area contributed by atoms with E-state index in [0.717, 1.165) is 70.0 Å². The maximum atomic E-state index is 4.73. The zero-order chi connectivity index (χ0) is 26.6. The van der Waals surface area contributed by atoms with Gasteiger partial charge in [-0.15, -0.1) is 0 Å². The SMILES string of the molecule is C=C/C(=C\C(=C/C)c1cc2c(-c3cc4c(N5CCCCC5)cncc4[nH]3)n[nH]c2cn1)NC(=C)C(C)CC. The highest BCUT2D eigenvalue weighted by Crippen LogP contribution is 2.34. The summed E-state index contributed by atoms with van der Waals surface area (Å²) in [5.74, 6) is 0.373. The van der Waals surface area contributed by atoms with Crippen molar-refractivity contribution in [3.63, 3.8) is 0 Å². The van der Waals surface area contributed by atoms with Gasteiger partial charge < -0.3 is 15.2 Å². The average Bonchev–Trinajstić information content (AvgIpc) is 3.58. The molecule has 0 spiro atoms. The van der Waals surface area contributed by atoms with Crippen molar-refractivity contribution in [2.24, 2.45) is 5.92 Å². The number of nitrogens with zero attached hydrogens (tertiary/aromatic N) is 4. The van der Waals surface area contributed by atoms with Gasteiger partial charge in [0.25, 0.3) is 0 Å². The molecule has 0 amide bonds. The molecule has 7 nitrogen and oxygen atoms in total. The standard InChI is InChI=1S/C31H37N7/c1-6-20(4)21(5)34-23(8-3)14-22(7-2)26-16-25-29(18-33-26)36-37-31(25)27-15-24-28(35-27)17-32-19-30(24)38-12-10-9-11-13-38/h7-8,14-20,34-35H,3,5-6,9-13H2,1-2,4H3,(H,36,37)/b22-7+,23-14+. The average molecular weight is 508 g/mol. The normalized spacial score (nSPS) is 15.7. The summed E-state index contributed by atoms with van der Waals surface area (Å²) in [6.07, 6.45) is 16.5. The molecule has 1 fully saturated rings. The van der Waals surface area contributed by atoms with Gasteiger partial charge in [0.1, 0.15) is 5.69 Å². The second-order valence-electron chi connectivity index (χ2n) is 10.0. The van der Waals surface area contributed by atoms with Gasteiger partial charge in [-0.2, -0.15) is 5.10 Å². The summed E-state index contributed by atoms with van der Waals surface area (Å²) in [5, 5.41) is 13.4. The van der Waals surface area contributed by atoms with Crippen molar-refractivity contribution in [3.05, 3.63) is 79.2 Å². The highest BCUT2D eigenvalue weighted by atomic mass is 15.1.